The van der Waals surface area contributed by atoms with Gasteiger partial charge in [-0.1, -0.05) is 12.2 Å². The summed E-state index contributed by atoms with van der Waals surface area (Å²) in [7, 11) is 0. The van der Waals surface area contributed by atoms with Gasteiger partial charge in [0.25, 0.3) is 5.91 Å². The fraction of sp³-hybridized carbons (Fsp3) is 0.500. The number of ether oxygens (including phenoxy) is 1. The van der Waals surface area contributed by atoms with Crippen molar-refractivity contribution in [3.63, 3.8) is 0 Å². The van der Waals surface area contributed by atoms with Gasteiger partial charge in [-0.15, -0.1) is 0 Å². The Bertz CT molecular complexity index is 688. The van der Waals surface area contributed by atoms with Crippen LogP contribution in [0.25, 0.3) is 0 Å². The number of hydrogen-bond donors (Lipinski definition) is 2. The van der Waals surface area contributed by atoms with E-state index in [1.165, 1.54) is 11.0 Å². The van der Waals surface area contributed by atoms with Crippen molar-refractivity contribution >= 4 is 30.0 Å². The number of likely N-dealkylation sites (tertiary alicyclic amines) is 1. The highest BCUT2D eigenvalue weighted by molar-refractivity contribution is 7.71. The van der Waals surface area contributed by atoms with Crippen molar-refractivity contribution < 1.29 is 19.1 Å². The number of esters is 1. The van der Waals surface area contributed by atoms with Crippen molar-refractivity contribution in [2.45, 2.75) is 38.8 Å². The third-order valence-corrected chi connectivity index (χ3v) is 4.09. The summed E-state index contributed by atoms with van der Waals surface area (Å²) in [5, 5.41) is 2.65. The minimum Gasteiger partial charge on any atom is -0.464 e. The molecule has 0 radical (unpaired) electrons. The number of carbonyl (C=O) groups is 3. The third-order valence-electron chi connectivity index (χ3n) is 3.85. The van der Waals surface area contributed by atoms with Gasteiger partial charge in [0.1, 0.15) is 16.7 Å². The van der Waals surface area contributed by atoms with Crippen molar-refractivity contribution in [3.8, 4) is 0 Å². The van der Waals surface area contributed by atoms with Crippen LogP contribution in [0.3, 0.4) is 0 Å². The minimum atomic E-state index is -0.745. The largest absolute Gasteiger partial charge is 0.464 e. The summed E-state index contributed by atoms with van der Waals surface area (Å²) in [6.07, 6.45) is 2.89. The van der Waals surface area contributed by atoms with Crippen LogP contribution < -0.4 is 5.32 Å². The molecule has 1 aromatic rings. The molecule has 0 saturated carbocycles. The van der Waals surface area contributed by atoms with Crippen molar-refractivity contribution in [2.75, 3.05) is 13.2 Å². The predicted octanol–water partition coefficient (Wildman–Crippen LogP) is 1.42. The van der Waals surface area contributed by atoms with E-state index in [4.69, 9.17) is 17.0 Å². The molecule has 2 N–H and O–H groups in total. The van der Waals surface area contributed by atoms with Crippen LogP contribution in [-0.2, 0) is 14.3 Å². The molecular weight excluding hydrogens is 330 g/mol. The normalized spacial score (nSPS) is 18.1. The summed E-state index contributed by atoms with van der Waals surface area (Å²) in [4.78, 5) is 41.0. The van der Waals surface area contributed by atoms with Gasteiger partial charge in [0.15, 0.2) is 0 Å². The van der Waals surface area contributed by atoms with E-state index in [1.54, 1.807) is 26.1 Å². The first-order chi connectivity index (χ1) is 11.4. The van der Waals surface area contributed by atoms with E-state index in [0.717, 1.165) is 6.42 Å². The summed E-state index contributed by atoms with van der Waals surface area (Å²) in [6.45, 7) is 4.09. The molecule has 130 valence electrons. The van der Waals surface area contributed by atoms with Crippen molar-refractivity contribution in [2.24, 2.45) is 0 Å². The number of rotatable bonds is 5. The summed E-state index contributed by atoms with van der Waals surface area (Å²) in [6, 6.07) is 1.80. The summed E-state index contributed by atoms with van der Waals surface area (Å²) in [5.74, 6) is -1.07. The molecule has 0 bridgehead atoms. The number of aromatic amines is 1. The van der Waals surface area contributed by atoms with E-state index in [2.05, 4.69) is 10.3 Å². The Morgan fingerprint density at radius 3 is 2.92 bits per heavy atom. The van der Waals surface area contributed by atoms with E-state index in [1.807, 2.05) is 0 Å². The lowest BCUT2D eigenvalue weighted by Gasteiger charge is -2.26. The Kier molecular flexibility index (Phi) is 6.08. The maximum Gasteiger partial charge on any atom is 0.328 e. The Morgan fingerprint density at radius 2 is 2.25 bits per heavy atom. The smallest absolute Gasteiger partial charge is 0.328 e. The van der Waals surface area contributed by atoms with Gasteiger partial charge in [0, 0.05) is 18.3 Å². The molecule has 1 aliphatic heterocycles. The molecule has 2 heterocycles. The second kappa shape index (κ2) is 8.05. The topological polar surface area (TPSA) is 91.5 Å². The molecule has 1 aliphatic rings. The first-order valence-corrected chi connectivity index (χ1v) is 8.31. The molecule has 2 amide bonds. The van der Waals surface area contributed by atoms with Crippen LogP contribution in [0.4, 0.5) is 0 Å². The molecule has 0 spiro atoms. The first-order valence-electron chi connectivity index (χ1n) is 7.90. The van der Waals surface area contributed by atoms with Crippen LogP contribution in [0.15, 0.2) is 18.3 Å². The van der Waals surface area contributed by atoms with E-state index in [0.29, 0.717) is 23.2 Å². The Hall–Kier alpha value is -2.22. The van der Waals surface area contributed by atoms with Crippen LogP contribution in [0, 0.1) is 4.64 Å². The van der Waals surface area contributed by atoms with Gasteiger partial charge < -0.3 is 19.9 Å². The third kappa shape index (κ3) is 4.19. The molecule has 0 aliphatic carbocycles. The molecule has 0 unspecified atom stereocenters. The molecule has 0 aromatic carbocycles. The summed E-state index contributed by atoms with van der Waals surface area (Å²) >= 11 is 4.98. The average molecular weight is 351 g/mol. The Labute approximate surface area is 145 Å². The van der Waals surface area contributed by atoms with Crippen LogP contribution in [0.1, 0.15) is 37.0 Å². The lowest BCUT2D eigenvalue weighted by molar-refractivity contribution is -0.153. The highest BCUT2D eigenvalue weighted by Gasteiger charge is 2.37. The van der Waals surface area contributed by atoms with E-state index in [9.17, 15) is 14.4 Å². The van der Waals surface area contributed by atoms with Gasteiger partial charge in [-0.25, -0.2) is 4.79 Å². The number of nitrogens with one attached hydrogen (secondary N) is 2. The predicted molar refractivity (Wildman–Crippen MR) is 89.9 cm³/mol. The number of aromatic nitrogens is 1. The van der Waals surface area contributed by atoms with E-state index in [-0.39, 0.29) is 18.4 Å². The highest BCUT2D eigenvalue weighted by atomic mass is 32.1. The van der Waals surface area contributed by atoms with Gasteiger partial charge in [-0.05, 0) is 38.8 Å². The molecule has 1 saturated heterocycles. The number of pyridine rings is 1. The fourth-order valence-corrected chi connectivity index (χ4v) is 2.89. The lowest BCUT2D eigenvalue weighted by Crippen LogP contribution is -2.50. The maximum atomic E-state index is 12.6. The van der Waals surface area contributed by atoms with Crippen molar-refractivity contribution in [1.29, 1.82) is 0 Å². The second-order valence-electron chi connectivity index (χ2n) is 5.58. The second-order valence-corrected chi connectivity index (χ2v) is 6.02. The molecule has 1 aromatic heterocycles. The molecule has 2 atom stereocenters. The summed E-state index contributed by atoms with van der Waals surface area (Å²) < 4.78 is 5.45. The maximum absolute atomic E-state index is 12.6. The van der Waals surface area contributed by atoms with E-state index < -0.39 is 18.1 Å². The van der Waals surface area contributed by atoms with Gasteiger partial charge >= 0.3 is 5.97 Å². The quantitative estimate of drug-likeness (QED) is 0.618. The molecular formula is C16H21N3O4S. The first kappa shape index (κ1) is 18.1. The van der Waals surface area contributed by atoms with Gasteiger partial charge in [0.2, 0.25) is 5.91 Å². The van der Waals surface area contributed by atoms with Gasteiger partial charge in [-0.2, -0.15) is 0 Å². The van der Waals surface area contributed by atoms with Crippen molar-refractivity contribution in [3.05, 3.63) is 28.5 Å². The molecule has 1 fully saturated rings. The average Bonchev–Trinajstić information content (AvgIpc) is 3.03. The van der Waals surface area contributed by atoms with Crippen molar-refractivity contribution in [1.82, 2.24) is 15.2 Å². The zero-order valence-corrected chi connectivity index (χ0v) is 14.5. The standard InChI is InChI=1S/C16H21N3O4S/c1-3-23-16(22)12-5-4-8-19(12)15(21)10(2)18-14(20)11-6-7-17-13(24)9-11/h6-7,9-10,12H,3-5,8H2,1-2H3,(H,17,24)(H,18,20)/t10-,12-/m0/s1. The number of nitrogens with zero attached hydrogens (tertiary/aromatic N) is 1. The van der Waals surface area contributed by atoms with Crippen LogP contribution >= 0.6 is 12.2 Å². The monoisotopic (exact) mass is 351 g/mol. The molecule has 8 heteroatoms. The van der Waals surface area contributed by atoms with Gasteiger partial charge in [0.05, 0.1) is 6.61 Å². The molecule has 2 rings (SSSR count). The number of carbonyl (C=O) groups excluding carboxylic acids is 3. The number of amides is 2. The fourth-order valence-electron chi connectivity index (χ4n) is 2.69. The van der Waals surface area contributed by atoms with E-state index >= 15 is 0 Å². The molecule has 24 heavy (non-hydrogen) atoms. The number of hydrogen-bond acceptors (Lipinski definition) is 5. The van der Waals surface area contributed by atoms with Crippen LogP contribution in [0.5, 0.6) is 0 Å². The highest BCUT2D eigenvalue weighted by Crippen LogP contribution is 2.19. The molecule has 7 nitrogen and oxygen atoms in total. The van der Waals surface area contributed by atoms with Crippen LogP contribution in [0.2, 0.25) is 0 Å². The lowest BCUT2D eigenvalue weighted by atomic mass is 10.2. The Morgan fingerprint density at radius 1 is 1.50 bits per heavy atom. The van der Waals surface area contributed by atoms with Crippen LogP contribution in [-0.4, -0.2) is 52.9 Å². The number of H-pyrrole nitrogens is 1. The Balaban J connectivity index is 2.02. The van der Waals surface area contributed by atoms with Gasteiger partial charge in [-0.3, -0.25) is 9.59 Å². The zero-order chi connectivity index (χ0) is 17.7. The SMILES string of the molecule is CCOC(=O)[C@@H]1CCCN1C(=O)[C@H](C)NC(=O)c1cc[nH]c(=S)c1. The minimum absolute atomic E-state index is 0.276. The summed E-state index contributed by atoms with van der Waals surface area (Å²) in [5.41, 5.74) is 0.377. The zero-order valence-electron chi connectivity index (χ0n) is 13.7.